The second-order valence-electron chi connectivity index (χ2n) is 7.40. The lowest BCUT2D eigenvalue weighted by Crippen LogP contribution is -2.43. The van der Waals surface area contributed by atoms with E-state index in [2.05, 4.69) is 15.6 Å². The Morgan fingerprint density at radius 1 is 1.03 bits per heavy atom. The molecule has 1 amide bonds. The van der Waals surface area contributed by atoms with E-state index in [1.807, 2.05) is 13.8 Å². The summed E-state index contributed by atoms with van der Waals surface area (Å²) in [6.45, 7) is 4.77. The molecule has 3 rings (SSSR count). The van der Waals surface area contributed by atoms with Crippen molar-refractivity contribution in [3.05, 3.63) is 78.3 Å². The van der Waals surface area contributed by atoms with Gasteiger partial charge in [0, 0.05) is 31.2 Å². The highest BCUT2D eigenvalue weighted by Gasteiger charge is 2.28. The maximum Gasteiger partial charge on any atom is 0.305 e. The van der Waals surface area contributed by atoms with Crippen molar-refractivity contribution in [1.82, 2.24) is 4.98 Å². The largest absolute Gasteiger partial charge is 0.481 e. The van der Waals surface area contributed by atoms with Gasteiger partial charge in [-0.3, -0.25) is 24.2 Å². The molecule has 0 aliphatic rings. The Bertz CT molecular complexity index is 1260. The number of amides is 1. The number of carbonyl (C=O) groups is 2. The van der Waals surface area contributed by atoms with Crippen molar-refractivity contribution >= 4 is 52.1 Å². The van der Waals surface area contributed by atoms with Crippen molar-refractivity contribution in [2.24, 2.45) is 0 Å². The number of halogens is 2. The normalized spacial score (nSPS) is 11.8. The predicted octanol–water partition coefficient (Wildman–Crippen LogP) is 3.71. The lowest BCUT2D eigenvalue weighted by atomic mass is 10.0. The zero-order chi connectivity index (χ0) is 25.0. The topological polar surface area (TPSA) is 129 Å². The van der Waals surface area contributed by atoms with Gasteiger partial charge >= 0.3 is 5.97 Å². The summed E-state index contributed by atoms with van der Waals surface area (Å²) in [4.78, 5) is 53.9. The Morgan fingerprint density at radius 2 is 1.62 bits per heavy atom. The van der Waals surface area contributed by atoms with Crippen molar-refractivity contribution < 1.29 is 14.7 Å². The summed E-state index contributed by atoms with van der Waals surface area (Å²) in [7, 11) is 0. The van der Waals surface area contributed by atoms with E-state index in [0.717, 1.165) is 0 Å². The molecule has 1 unspecified atom stereocenters. The molecule has 9 nitrogen and oxygen atoms in total. The van der Waals surface area contributed by atoms with Gasteiger partial charge in [0.15, 0.2) is 0 Å². The summed E-state index contributed by atoms with van der Waals surface area (Å²) in [5.41, 5.74) is 0.166. The molecule has 0 spiro atoms. The molecular formula is C23H22Cl2N4O5. The number of aliphatic carboxylic acids is 1. The van der Waals surface area contributed by atoms with Gasteiger partial charge in [-0.15, -0.1) is 0 Å². The van der Waals surface area contributed by atoms with Gasteiger partial charge in [-0.25, -0.2) is 0 Å². The van der Waals surface area contributed by atoms with Crippen molar-refractivity contribution in [1.29, 1.82) is 0 Å². The van der Waals surface area contributed by atoms with E-state index < -0.39 is 28.8 Å². The summed E-state index contributed by atoms with van der Waals surface area (Å²) in [6.07, 6.45) is 2.28. The third-order valence-corrected chi connectivity index (χ3v) is 5.89. The summed E-state index contributed by atoms with van der Waals surface area (Å²) in [6, 6.07) is 5.63. The first kappa shape index (κ1) is 25.2. The van der Waals surface area contributed by atoms with Gasteiger partial charge in [0.1, 0.15) is 11.4 Å². The van der Waals surface area contributed by atoms with E-state index in [0.29, 0.717) is 24.3 Å². The Balaban J connectivity index is 1.83. The van der Waals surface area contributed by atoms with E-state index in [-0.39, 0.29) is 33.4 Å². The molecule has 0 saturated carbocycles. The number of aromatic nitrogens is 1. The molecule has 0 aliphatic heterocycles. The van der Waals surface area contributed by atoms with E-state index in [1.165, 1.54) is 12.4 Å². The highest BCUT2D eigenvalue weighted by Crippen LogP contribution is 2.29. The average Bonchev–Trinajstić information content (AvgIpc) is 2.80. The van der Waals surface area contributed by atoms with Gasteiger partial charge in [-0.05, 0) is 31.5 Å². The van der Waals surface area contributed by atoms with Crippen LogP contribution in [0.5, 0.6) is 0 Å². The Labute approximate surface area is 205 Å². The number of pyridine rings is 1. The number of rotatable bonds is 10. The molecule has 1 aromatic heterocycles. The molecular weight excluding hydrogens is 483 g/mol. The zero-order valence-electron chi connectivity index (χ0n) is 18.4. The van der Waals surface area contributed by atoms with Gasteiger partial charge in [0.05, 0.1) is 28.1 Å². The Kier molecular flexibility index (Phi) is 7.90. The van der Waals surface area contributed by atoms with Gasteiger partial charge in [0.25, 0.3) is 16.8 Å². The molecule has 0 aliphatic carbocycles. The van der Waals surface area contributed by atoms with Gasteiger partial charge in [-0.1, -0.05) is 35.3 Å². The fraction of sp³-hybridized carbons (Fsp3) is 0.261. The molecule has 34 heavy (non-hydrogen) atoms. The molecule has 11 heteroatoms. The van der Waals surface area contributed by atoms with Crippen LogP contribution in [-0.4, -0.2) is 35.1 Å². The van der Waals surface area contributed by atoms with Crippen LogP contribution >= 0.6 is 23.2 Å². The van der Waals surface area contributed by atoms with Crippen molar-refractivity contribution in [2.45, 2.75) is 26.3 Å². The number of hydrogen-bond donors (Lipinski definition) is 3. The fourth-order valence-electron chi connectivity index (χ4n) is 3.58. The molecule has 0 radical (unpaired) electrons. The van der Waals surface area contributed by atoms with Crippen LogP contribution in [0.3, 0.4) is 0 Å². The van der Waals surface area contributed by atoms with Gasteiger partial charge in [-0.2, -0.15) is 0 Å². The third kappa shape index (κ3) is 5.21. The number of nitrogens with one attached hydrogen (secondary N) is 2. The Morgan fingerprint density at radius 3 is 2.15 bits per heavy atom. The number of carboxylic acids is 1. The minimum absolute atomic E-state index is 0.0804. The average molecular weight is 505 g/mol. The SMILES string of the molecule is CCN(CC)c1c(NC(CC(=O)O)c2ccc(NC(=O)c3c(Cl)cncc3Cl)cc2)c(=O)c1=O. The molecule has 0 bridgehead atoms. The molecule has 1 heterocycles. The summed E-state index contributed by atoms with van der Waals surface area (Å²) >= 11 is 12.0. The van der Waals surface area contributed by atoms with Crippen LogP contribution in [0.25, 0.3) is 0 Å². The molecule has 178 valence electrons. The zero-order valence-corrected chi connectivity index (χ0v) is 19.9. The van der Waals surface area contributed by atoms with Crippen LogP contribution in [0.1, 0.15) is 42.2 Å². The van der Waals surface area contributed by atoms with Gasteiger partial charge in [0.2, 0.25) is 0 Å². The van der Waals surface area contributed by atoms with Crippen LogP contribution in [0, 0.1) is 0 Å². The van der Waals surface area contributed by atoms with Crippen molar-refractivity contribution in [2.75, 3.05) is 28.6 Å². The van der Waals surface area contributed by atoms with Crippen LogP contribution in [0.2, 0.25) is 10.0 Å². The highest BCUT2D eigenvalue weighted by molar-refractivity contribution is 6.40. The van der Waals surface area contributed by atoms with Crippen LogP contribution < -0.4 is 26.4 Å². The summed E-state index contributed by atoms with van der Waals surface area (Å²) < 4.78 is 0. The fourth-order valence-corrected chi connectivity index (χ4v) is 4.11. The lowest BCUT2D eigenvalue weighted by Gasteiger charge is -2.27. The highest BCUT2D eigenvalue weighted by atomic mass is 35.5. The first-order chi connectivity index (χ1) is 16.2. The third-order valence-electron chi connectivity index (χ3n) is 5.31. The summed E-state index contributed by atoms with van der Waals surface area (Å²) in [5, 5.41) is 15.2. The molecule has 3 aromatic rings. The molecule has 3 N–H and O–H groups in total. The second kappa shape index (κ2) is 10.7. The first-order valence-corrected chi connectivity index (χ1v) is 11.2. The number of anilines is 3. The van der Waals surface area contributed by atoms with Gasteiger partial charge < -0.3 is 20.6 Å². The number of hydrogen-bond acceptors (Lipinski definition) is 7. The monoisotopic (exact) mass is 504 g/mol. The first-order valence-electron chi connectivity index (χ1n) is 10.4. The minimum Gasteiger partial charge on any atom is -0.481 e. The van der Waals surface area contributed by atoms with Crippen LogP contribution in [0.4, 0.5) is 17.1 Å². The number of carbonyl (C=O) groups excluding carboxylic acids is 1. The number of carboxylic acid groups (broad SMARTS) is 1. The van der Waals surface area contributed by atoms with E-state index in [1.54, 1.807) is 29.2 Å². The maximum atomic E-state index is 12.6. The quantitative estimate of drug-likeness (QED) is 0.356. The second-order valence-corrected chi connectivity index (χ2v) is 8.22. The number of benzene rings is 1. The molecule has 1 atom stereocenters. The minimum atomic E-state index is -1.08. The molecule has 0 fully saturated rings. The lowest BCUT2D eigenvalue weighted by molar-refractivity contribution is -0.137. The Hall–Kier alpha value is -3.43. The van der Waals surface area contributed by atoms with Crippen molar-refractivity contribution in [3.8, 4) is 0 Å². The van der Waals surface area contributed by atoms with E-state index >= 15 is 0 Å². The number of nitrogens with zero attached hydrogens (tertiary/aromatic N) is 2. The van der Waals surface area contributed by atoms with E-state index in [9.17, 15) is 24.3 Å². The molecule has 2 aromatic carbocycles. The molecule has 0 saturated heterocycles. The maximum absolute atomic E-state index is 12.6. The van der Waals surface area contributed by atoms with Crippen molar-refractivity contribution in [3.63, 3.8) is 0 Å². The standard InChI is InChI=1S/C23H22Cl2N4O5/c1-3-29(4-2)20-19(21(32)22(20)33)28-16(9-17(30)31)12-5-7-13(8-6-12)27-23(34)18-14(24)10-26-11-15(18)25/h5-8,10-11,16,28H,3-4,9H2,1-2H3,(H,27,34)(H,30,31). The smallest absolute Gasteiger partial charge is 0.305 e. The predicted molar refractivity (Wildman–Crippen MR) is 132 cm³/mol. The summed E-state index contributed by atoms with van der Waals surface area (Å²) in [5.74, 6) is -1.61. The van der Waals surface area contributed by atoms with Crippen LogP contribution in [0.15, 0.2) is 46.2 Å². The van der Waals surface area contributed by atoms with E-state index in [4.69, 9.17) is 23.2 Å². The van der Waals surface area contributed by atoms with Crippen LogP contribution in [-0.2, 0) is 4.79 Å².